The molecule has 0 saturated heterocycles. The van der Waals surface area contributed by atoms with Gasteiger partial charge in [0.2, 0.25) is 10.0 Å². The van der Waals surface area contributed by atoms with E-state index >= 15 is 0 Å². The Morgan fingerprint density at radius 1 is 1.50 bits per heavy atom. The number of nitrogens with one attached hydrogen (secondary N) is 1. The van der Waals surface area contributed by atoms with Crippen LogP contribution in [0.4, 0.5) is 4.39 Å². The molecule has 6 heteroatoms. The van der Waals surface area contributed by atoms with E-state index in [9.17, 15) is 12.8 Å². The maximum absolute atomic E-state index is 11.4. The van der Waals surface area contributed by atoms with Gasteiger partial charge in [-0.1, -0.05) is 0 Å². The summed E-state index contributed by atoms with van der Waals surface area (Å²) in [5.41, 5.74) is 4.97. The number of rotatable bonds is 5. The van der Waals surface area contributed by atoms with Crippen LogP contribution in [0, 0.1) is 0 Å². The second kappa shape index (κ2) is 4.59. The van der Waals surface area contributed by atoms with E-state index in [1.807, 2.05) is 4.72 Å². The van der Waals surface area contributed by atoms with Crippen molar-refractivity contribution in [3.8, 4) is 0 Å². The summed E-state index contributed by atoms with van der Waals surface area (Å²) < 4.78 is 34.7. The summed E-state index contributed by atoms with van der Waals surface area (Å²) in [4.78, 5) is 0. The molecule has 0 radical (unpaired) electrons. The standard InChI is InChI=1S/C4H11FN2O2S/c5-1-3-7-10(8,9)4-2-6/h7H,1-4,6H2. The zero-order valence-corrected chi connectivity index (χ0v) is 6.32. The van der Waals surface area contributed by atoms with E-state index in [1.54, 1.807) is 0 Å². The molecule has 0 fully saturated rings. The molecule has 0 amide bonds. The molecule has 0 aromatic carbocycles. The van der Waals surface area contributed by atoms with Gasteiger partial charge in [0, 0.05) is 13.1 Å². The molecule has 0 aliphatic carbocycles. The zero-order chi connectivity index (χ0) is 8.04. The fraction of sp³-hybridized carbons (Fsp3) is 1.00. The number of nitrogens with two attached hydrogens (primary N) is 1. The lowest BCUT2D eigenvalue weighted by atomic mass is 10.8. The number of hydrogen-bond acceptors (Lipinski definition) is 3. The minimum absolute atomic E-state index is 0.0572. The highest BCUT2D eigenvalue weighted by atomic mass is 32.2. The first-order chi connectivity index (χ1) is 4.62. The summed E-state index contributed by atoms with van der Waals surface area (Å²) in [6, 6.07) is 0. The van der Waals surface area contributed by atoms with Gasteiger partial charge in [-0.25, -0.2) is 17.5 Å². The minimum atomic E-state index is -3.31. The monoisotopic (exact) mass is 170 g/mol. The summed E-state index contributed by atoms with van der Waals surface area (Å²) in [5, 5.41) is 0. The van der Waals surface area contributed by atoms with Crippen molar-refractivity contribution in [2.24, 2.45) is 5.73 Å². The van der Waals surface area contributed by atoms with Gasteiger partial charge in [-0.3, -0.25) is 0 Å². The Balaban J connectivity index is 3.65. The number of alkyl halides is 1. The highest BCUT2D eigenvalue weighted by Crippen LogP contribution is 1.80. The van der Waals surface area contributed by atoms with Crippen molar-refractivity contribution in [1.82, 2.24) is 4.72 Å². The van der Waals surface area contributed by atoms with E-state index in [4.69, 9.17) is 5.73 Å². The highest BCUT2D eigenvalue weighted by molar-refractivity contribution is 7.89. The molecule has 0 aliphatic rings. The average molecular weight is 170 g/mol. The fourth-order valence-corrected chi connectivity index (χ4v) is 1.26. The van der Waals surface area contributed by atoms with Crippen LogP contribution in [0.15, 0.2) is 0 Å². The average Bonchev–Trinajstić information content (AvgIpc) is 1.84. The quantitative estimate of drug-likeness (QED) is 0.546. The third-order valence-corrected chi connectivity index (χ3v) is 2.22. The molecular formula is C4H11FN2O2S. The number of sulfonamides is 1. The van der Waals surface area contributed by atoms with Crippen LogP contribution < -0.4 is 10.5 Å². The SMILES string of the molecule is NCCS(=O)(=O)NCCF. The van der Waals surface area contributed by atoms with Crippen molar-refractivity contribution < 1.29 is 12.8 Å². The maximum atomic E-state index is 11.4. The van der Waals surface area contributed by atoms with Gasteiger partial charge in [-0.2, -0.15) is 0 Å². The number of hydrogen-bond donors (Lipinski definition) is 2. The van der Waals surface area contributed by atoms with Crippen molar-refractivity contribution in [2.45, 2.75) is 0 Å². The van der Waals surface area contributed by atoms with E-state index in [-0.39, 0.29) is 18.8 Å². The Kier molecular flexibility index (Phi) is 4.50. The maximum Gasteiger partial charge on any atom is 0.212 e. The normalized spacial score (nSPS) is 11.8. The molecule has 4 nitrogen and oxygen atoms in total. The zero-order valence-electron chi connectivity index (χ0n) is 5.51. The first-order valence-electron chi connectivity index (χ1n) is 2.86. The lowest BCUT2D eigenvalue weighted by Gasteiger charge is -2.00. The third kappa shape index (κ3) is 4.66. The summed E-state index contributed by atoms with van der Waals surface area (Å²) in [6.07, 6.45) is 0. The topological polar surface area (TPSA) is 72.2 Å². The summed E-state index contributed by atoms with van der Waals surface area (Å²) in [6.45, 7) is -0.798. The molecule has 10 heavy (non-hydrogen) atoms. The molecular weight excluding hydrogens is 159 g/mol. The molecule has 0 rings (SSSR count). The van der Waals surface area contributed by atoms with Crippen LogP contribution in [-0.2, 0) is 10.0 Å². The molecule has 0 aliphatic heterocycles. The van der Waals surface area contributed by atoms with Crippen LogP contribution in [-0.4, -0.2) is 33.9 Å². The van der Waals surface area contributed by atoms with Gasteiger partial charge in [0.05, 0.1) is 5.75 Å². The van der Waals surface area contributed by atoms with Crippen LogP contribution in [0.5, 0.6) is 0 Å². The Morgan fingerprint density at radius 3 is 2.50 bits per heavy atom. The van der Waals surface area contributed by atoms with E-state index in [2.05, 4.69) is 0 Å². The van der Waals surface area contributed by atoms with Gasteiger partial charge in [-0.15, -0.1) is 0 Å². The van der Waals surface area contributed by atoms with Crippen molar-refractivity contribution in [1.29, 1.82) is 0 Å². The second-order valence-corrected chi connectivity index (χ2v) is 3.62. The lowest BCUT2D eigenvalue weighted by molar-refractivity contribution is 0.486. The van der Waals surface area contributed by atoms with E-state index in [0.717, 1.165) is 0 Å². The minimum Gasteiger partial charge on any atom is -0.329 e. The van der Waals surface area contributed by atoms with Crippen LogP contribution in [0.2, 0.25) is 0 Å². The van der Waals surface area contributed by atoms with Gasteiger partial charge < -0.3 is 5.73 Å². The molecule has 0 unspecified atom stereocenters. The number of halogens is 1. The predicted molar refractivity (Wildman–Crippen MR) is 36.8 cm³/mol. The molecule has 62 valence electrons. The Bertz CT molecular complexity index is 168. The van der Waals surface area contributed by atoms with Crippen molar-refractivity contribution in [3.05, 3.63) is 0 Å². The largest absolute Gasteiger partial charge is 0.329 e. The third-order valence-electron chi connectivity index (χ3n) is 0.803. The predicted octanol–water partition coefficient (Wildman–Crippen LogP) is -1.17. The van der Waals surface area contributed by atoms with Gasteiger partial charge in [0.15, 0.2) is 0 Å². The lowest BCUT2D eigenvalue weighted by Crippen LogP contribution is -2.31. The summed E-state index contributed by atoms with van der Waals surface area (Å²) in [5.74, 6) is -0.146. The smallest absolute Gasteiger partial charge is 0.212 e. The molecule has 0 spiro atoms. The van der Waals surface area contributed by atoms with E-state index < -0.39 is 16.7 Å². The van der Waals surface area contributed by atoms with E-state index in [0.29, 0.717) is 0 Å². The molecule has 0 atom stereocenters. The highest BCUT2D eigenvalue weighted by Gasteiger charge is 2.05. The Morgan fingerprint density at radius 2 is 2.10 bits per heavy atom. The van der Waals surface area contributed by atoms with Crippen LogP contribution in [0.1, 0.15) is 0 Å². The Hall–Kier alpha value is -0.200. The molecule has 0 aromatic heterocycles. The van der Waals surface area contributed by atoms with Gasteiger partial charge in [0.25, 0.3) is 0 Å². The van der Waals surface area contributed by atoms with Crippen LogP contribution >= 0.6 is 0 Å². The van der Waals surface area contributed by atoms with Crippen molar-refractivity contribution in [2.75, 3.05) is 25.5 Å². The molecule has 0 heterocycles. The fourth-order valence-electron chi connectivity index (χ4n) is 0.421. The van der Waals surface area contributed by atoms with Crippen LogP contribution in [0.25, 0.3) is 0 Å². The summed E-state index contributed by atoms with van der Waals surface area (Å²) >= 11 is 0. The van der Waals surface area contributed by atoms with Crippen molar-refractivity contribution in [3.63, 3.8) is 0 Å². The van der Waals surface area contributed by atoms with Crippen molar-refractivity contribution >= 4 is 10.0 Å². The van der Waals surface area contributed by atoms with Gasteiger partial charge in [0.1, 0.15) is 6.67 Å². The summed E-state index contributed by atoms with van der Waals surface area (Å²) in [7, 11) is -3.31. The van der Waals surface area contributed by atoms with Gasteiger partial charge >= 0.3 is 0 Å². The first kappa shape index (κ1) is 9.80. The van der Waals surface area contributed by atoms with Gasteiger partial charge in [-0.05, 0) is 0 Å². The Labute approximate surface area is 59.7 Å². The van der Waals surface area contributed by atoms with E-state index in [1.165, 1.54) is 0 Å². The molecule has 3 N–H and O–H groups in total. The first-order valence-corrected chi connectivity index (χ1v) is 4.51. The molecule has 0 saturated carbocycles. The molecule has 0 aromatic rings. The van der Waals surface area contributed by atoms with Crippen LogP contribution in [0.3, 0.4) is 0 Å². The second-order valence-electron chi connectivity index (χ2n) is 1.69. The molecule has 0 bridgehead atoms.